The topological polar surface area (TPSA) is 101 Å². The standard InChI is InChI=1S/C29H34O6/c1-17-13-20-21-10-12-29(24(33)16-30,35-26(34)18-7-5-4-6-8-18)28(21,3)15-23(32)25(20)27(2)11-9-19(31)14-22(17)27/h4-9,11,14,17,20-21,23,25,30,32H,10,12-13,15-16H2,1-3H3/t17-,20-,21-,23?,25+,27-,28-,29-/m0/s1. The minimum Gasteiger partial charge on any atom is -0.447 e. The fourth-order valence-corrected chi connectivity index (χ4v) is 8.34. The number of allylic oxidation sites excluding steroid dienone is 4. The van der Waals surface area contributed by atoms with Crippen molar-refractivity contribution in [2.75, 3.05) is 6.61 Å². The molecule has 0 heterocycles. The highest BCUT2D eigenvalue weighted by atomic mass is 16.6. The average Bonchev–Trinajstić information content (AvgIpc) is 3.12. The van der Waals surface area contributed by atoms with E-state index in [-0.39, 0.29) is 35.9 Å². The van der Waals surface area contributed by atoms with Gasteiger partial charge in [0.25, 0.3) is 0 Å². The average molecular weight is 479 g/mol. The number of aliphatic hydroxyl groups is 2. The second-order valence-electron chi connectivity index (χ2n) is 11.4. The number of benzene rings is 1. The first-order chi connectivity index (χ1) is 16.6. The zero-order valence-electron chi connectivity index (χ0n) is 20.6. The molecule has 4 aliphatic carbocycles. The van der Waals surface area contributed by atoms with E-state index < -0.39 is 40.9 Å². The van der Waals surface area contributed by atoms with Crippen LogP contribution >= 0.6 is 0 Å². The van der Waals surface area contributed by atoms with Crippen LogP contribution in [0.1, 0.15) is 56.8 Å². The number of carbonyl (C=O) groups excluding carboxylic acids is 3. The number of ketones is 2. The molecule has 1 aromatic rings. The zero-order valence-corrected chi connectivity index (χ0v) is 20.6. The molecular weight excluding hydrogens is 444 g/mol. The van der Waals surface area contributed by atoms with Crippen LogP contribution in [0.2, 0.25) is 0 Å². The Balaban J connectivity index is 1.55. The molecule has 0 saturated heterocycles. The van der Waals surface area contributed by atoms with Crippen molar-refractivity contribution in [1.82, 2.24) is 0 Å². The van der Waals surface area contributed by atoms with Gasteiger partial charge in [-0.25, -0.2) is 4.79 Å². The first-order valence-corrected chi connectivity index (χ1v) is 12.6. The number of hydrogen-bond acceptors (Lipinski definition) is 6. The summed E-state index contributed by atoms with van der Waals surface area (Å²) in [5.74, 6) is -0.939. The van der Waals surface area contributed by atoms with Gasteiger partial charge in [-0.05, 0) is 67.7 Å². The molecule has 0 spiro atoms. The highest BCUT2D eigenvalue weighted by Crippen LogP contribution is 2.68. The van der Waals surface area contributed by atoms with E-state index in [9.17, 15) is 24.6 Å². The predicted molar refractivity (Wildman–Crippen MR) is 129 cm³/mol. The molecular formula is C29H34O6. The van der Waals surface area contributed by atoms with Crippen molar-refractivity contribution in [3.8, 4) is 0 Å². The lowest BCUT2D eigenvalue weighted by Crippen LogP contribution is -2.63. The lowest BCUT2D eigenvalue weighted by Gasteiger charge is -2.61. The molecule has 2 N–H and O–H groups in total. The first-order valence-electron chi connectivity index (χ1n) is 12.6. The van der Waals surface area contributed by atoms with E-state index in [1.54, 1.807) is 42.5 Å². The lowest BCUT2D eigenvalue weighted by molar-refractivity contribution is -0.181. The summed E-state index contributed by atoms with van der Waals surface area (Å²) in [6.45, 7) is 5.47. The van der Waals surface area contributed by atoms with Crippen molar-refractivity contribution in [3.63, 3.8) is 0 Å². The Hall–Kier alpha value is -2.57. The van der Waals surface area contributed by atoms with E-state index in [0.29, 0.717) is 18.4 Å². The number of ether oxygens (including phenoxy) is 1. The van der Waals surface area contributed by atoms with Crippen LogP contribution in [0.15, 0.2) is 54.1 Å². The fourth-order valence-electron chi connectivity index (χ4n) is 8.34. The number of Topliss-reactive ketones (excluding diaryl/α,β-unsaturated/α-hetero) is 1. The summed E-state index contributed by atoms with van der Waals surface area (Å²) in [6.07, 6.45) is 6.62. The molecule has 35 heavy (non-hydrogen) atoms. The first kappa shape index (κ1) is 24.1. The number of fused-ring (bicyclic) bond motifs is 5. The highest BCUT2D eigenvalue weighted by molar-refractivity contribution is 6.01. The fraction of sp³-hybridized carbons (Fsp3) is 0.552. The SMILES string of the molecule is C[C@H]1C[C@@H]2[C@H](C(O)C[C@@]3(C)[C@H]2CC[C@]3(OC(=O)c2ccccc2)C(=O)CO)[C@@]2(C)C=CC(=O)C=C12. The Bertz CT molecular complexity index is 1120. The van der Waals surface area contributed by atoms with Crippen molar-refractivity contribution in [1.29, 1.82) is 0 Å². The second-order valence-corrected chi connectivity index (χ2v) is 11.4. The van der Waals surface area contributed by atoms with Gasteiger partial charge in [-0.3, -0.25) is 9.59 Å². The molecule has 0 aromatic heterocycles. The maximum Gasteiger partial charge on any atom is 0.339 e. The van der Waals surface area contributed by atoms with E-state index in [0.717, 1.165) is 12.0 Å². The largest absolute Gasteiger partial charge is 0.447 e. The lowest BCUT2D eigenvalue weighted by atomic mass is 9.44. The van der Waals surface area contributed by atoms with Crippen LogP contribution in [0.3, 0.4) is 0 Å². The Morgan fingerprint density at radius 1 is 1.17 bits per heavy atom. The van der Waals surface area contributed by atoms with Gasteiger partial charge in [0.1, 0.15) is 6.61 Å². The van der Waals surface area contributed by atoms with Gasteiger partial charge >= 0.3 is 5.97 Å². The Morgan fingerprint density at radius 3 is 2.57 bits per heavy atom. The summed E-state index contributed by atoms with van der Waals surface area (Å²) in [4.78, 5) is 38.7. The predicted octanol–water partition coefficient (Wildman–Crippen LogP) is 3.67. The van der Waals surface area contributed by atoms with Crippen molar-refractivity contribution in [2.45, 2.75) is 58.2 Å². The third-order valence-corrected chi connectivity index (χ3v) is 9.81. The van der Waals surface area contributed by atoms with Crippen molar-refractivity contribution in [3.05, 3.63) is 59.7 Å². The molecule has 1 aromatic carbocycles. The summed E-state index contributed by atoms with van der Waals surface area (Å²) in [6, 6.07) is 8.57. The molecule has 4 aliphatic rings. The van der Waals surface area contributed by atoms with Gasteiger partial charge < -0.3 is 14.9 Å². The molecule has 3 fully saturated rings. The van der Waals surface area contributed by atoms with Gasteiger partial charge in [-0.2, -0.15) is 0 Å². The Labute approximate surface area is 206 Å². The van der Waals surface area contributed by atoms with E-state index in [2.05, 4.69) is 13.8 Å². The normalized spacial score (nSPS) is 41.9. The molecule has 6 nitrogen and oxygen atoms in total. The van der Waals surface area contributed by atoms with Crippen LogP contribution in [0.5, 0.6) is 0 Å². The van der Waals surface area contributed by atoms with Crippen molar-refractivity contribution >= 4 is 17.5 Å². The minimum atomic E-state index is -1.50. The molecule has 8 atom stereocenters. The van der Waals surface area contributed by atoms with E-state index >= 15 is 0 Å². The smallest absolute Gasteiger partial charge is 0.339 e. The van der Waals surface area contributed by atoms with Gasteiger partial charge in [-0.1, -0.05) is 50.6 Å². The number of rotatable bonds is 4. The molecule has 1 unspecified atom stereocenters. The molecule has 186 valence electrons. The number of aliphatic hydroxyl groups excluding tert-OH is 2. The van der Waals surface area contributed by atoms with E-state index in [1.165, 1.54) is 0 Å². The maximum atomic E-state index is 13.4. The number of esters is 1. The summed E-state index contributed by atoms with van der Waals surface area (Å²) >= 11 is 0. The molecule has 0 radical (unpaired) electrons. The number of hydrogen-bond donors (Lipinski definition) is 2. The summed E-state index contributed by atoms with van der Waals surface area (Å²) in [5.41, 5.74) is -1.33. The minimum absolute atomic E-state index is 0.0147. The molecule has 6 heteroatoms. The maximum absolute atomic E-state index is 13.4. The highest BCUT2D eigenvalue weighted by Gasteiger charge is 2.70. The van der Waals surface area contributed by atoms with Crippen molar-refractivity contribution < 1.29 is 29.3 Å². The molecule has 3 saturated carbocycles. The van der Waals surface area contributed by atoms with Crippen LogP contribution in [0.4, 0.5) is 0 Å². The summed E-state index contributed by atoms with van der Waals surface area (Å²) < 4.78 is 6.08. The molecule has 5 rings (SSSR count). The second kappa shape index (κ2) is 8.24. The third kappa shape index (κ3) is 3.33. The van der Waals surface area contributed by atoms with Gasteiger partial charge in [0.15, 0.2) is 11.4 Å². The van der Waals surface area contributed by atoms with Crippen LogP contribution in [-0.4, -0.2) is 46.1 Å². The van der Waals surface area contributed by atoms with Gasteiger partial charge in [0.05, 0.1) is 11.7 Å². The zero-order chi connectivity index (χ0) is 25.2. The van der Waals surface area contributed by atoms with Crippen LogP contribution in [0.25, 0.3) is 0 Å². The van der Waals surface area contributed by atoms with Crippen LogP contribution in [-0.2, 0) is 14.3 Å². The molecule has 0 amide bonds. The Kier molecular flexibility index (Phi) is 5.68. The van der Waals surface area contributed by atoms with Gasteiger partial charge in [-0.15, -0.1) is 0 Å². The van der Waals surface area contributed by atoms with Gasteiger partial charge in [0.2, 0.25) is 5.78 Å². The van der Waals surface area contributed by atoms with Crippen molar-refractivity contribution in [2.24, 2.45) is 34.5 Å². The molecule has 0 aliphatic heterocycles. The van der Waals surface area contributed by atoms with Gasteiger partial charge in [0, 0.05) is 16.7 Å². The summed E-state index contributed by atoms with van der Waals surface area (Å²) in [5, 5.41) is 21.6. The van der Waals surface area contributed by atoms with Crippen LogP contribution < -0.4 is 0 Å². The van der Waals surface area contributed by atoms with Crippen LogP contribution in [0, 0.1) is 34.5 Å². The monoisotopic (exact) mass is 478 g/mol. The Morgan fingerprint density at radius 2 is 1.89 bits per heavy atom. The quantitative estimate of drug-likeness (QED) is 0.641. The van der Waals surface area contributed by atoms with E-state index in [1.807, 2.05) is 13.0 Å². The third-order valence-electron chi connectivity index (χ3n) is 9.81. The summed E-state index contributed by atoms with van der Waals surface area (Å²) in [7, 11) is 0. The number of carbonyl (C=O) groups is 3. The molecule has 0 bridgehead atoms. The van der Waals surface area contributed by atoms with E-state index in [4.69, 9.17) is 4.74 Å².